The minimum atomic E-state index is -0.127. The monoisotopic (exact) mass is 118 g/mol. The standard InChI is InChI=1S/C4H10N2O2/c1-4(3-5-2)8-6-7/h4-5H,3H2,1-2H3. The summed E-state index contributed by atoms with van der Waals surface area (Å²) in [6.45, 7) is 2.41. The maximum absolute atomic E-state index is 9.39. The predicted molar refractivity (Wildman–Crippen MR) is 30.3 cm³/mol. The van der Waals surface area contributed by atoms with E-state index in [2.05, 4.69) is 15.5 Å². The minimum Gasteiger partial charge on any atom is -0.360 e. The lowest BCUT2D eigenvalue weighted by atomic mass is 10.4. The van der Waals surface area contributed by atoms with Crippen LogP contribution in [-0.4, -0.2) is 19.7 Å². The quantitative estimate of drug-likeness (QED) is 0.426. The van der Waals surface area contributed by atoms with E-state index in [-0.39, 0.29) is 6.10 Å². The van der Waals surface area contributed by atoms with E-state index in [1.807, 2.05) is 0 Å². The zero-order valence-corrected chi connectivity index (χ0v) is 5.05. The van der Waals surface area contributed by atoms with Gasteiger partial charge >= 0.3 is 0 Å². The molecule has 0 aliphatic rings. The fourth-order valence-electron chi connectivity index (χ4n) is 0.398. The van der Waals surface area contributed by atoms with Crippen molar-refractivity contribution in [1.29, 1.82) is 0 Å². The molecule has 0 saturated carbocycles. The molecular weight excluding hydrogens is 108 g/mol. The highest BCUT2D eigenvalue weighted by atomic mass is 16.7. The van der Waals surface area contributed by atoms with Gasteiger partial charge in [0.25, 0.3) is 0 Å². The largest absolute Gasteiger partial charge is 0.360 e. The summed E-state index contributed by atoms with van der Waals surface area (Å²) in [6, 6.07) is 0. The van der Waals surface area contributed by atoms with Crippen molar-refractivity contribution < 1.29 is 4.84 Å². The maximum Gasteiger partial charge on any atom is 0.155 e. The first-order valence-electron chi connectivity index (χ1n) is 2.44. The lowest BCUT2D eigenvalue weighted by molar-refractivity contribution is 0.0698. The molecule has 1 atom stereocenters. The van der Waals surface area contributed by atoms with Crippen molar-refractivity contribution in [3.05, 3.63) is 4.91 Å². The molecule has 0 saturated heterocycles. The second kappa shape index (κ2) is 4.52. The maximum atomic E-state index is 9.39. The van der Waals surface area contributed by atoms with E-state index in [9.17, 15) is 4.91 Å². The van der Waals surface area contributed by atoms with Crippen molar-refractivity contribution in [2.45, 2.75) is 13.0 Å². The Bertz CT molecular complexity index is 67.1. The van der Waals surface area contributed by atoms with Gasteiger partial charge in [-0.05, 0) is 14.0 Å². The molecule has 0 aromatic carbocycles. The zero-order chi connectivity index (χ0) is 6.41. The molecule has 0 aliphatic heterocycles. The lowest BCUT2D eigenvalue weighted by Gasteiger charge is -2.03. The second-order valence-electron chi connectivity index (χ2n) is 1.55. The Hall–Kier alpha value is -0.640. The smallest absolute Gasteiger partial charge is 0.155 e. The van der Waals surface area contributed by atoms with E-state index in [1.54, 1.807) is 14.0 Å². The fraction of sp³-hybridized carbons (Fsp3) is 1.00. The highest BCUT2D eigenvalue weighted by Crippen LogP contribution is 1.85. The van der Waals surface area contributed by atoms with Gasteiger partial charge in [0.1, 0.15) is 6.10 Å². The van der Waals surface area contributed by atoms with Gasteiger partial charge in [0, 0.05) is 6.54 Å². The van der Waals surface area contributed by atoms with Crippen molar-refractivity contribution in [2.24, 2.45) is 5.34 Å². The van der Waals surface area contributed by atoms with Crippen molar-refractivity contribution in [3.63, 3.8) is 0 Å². The molecule has 1 unspecified atom stereocenters. The third-order valence-corrected chi connectivity index (χ3v) is 0.715. The van der Waals surface area contributed by atoms with Crippen molar-refractivity contribution in [3.8, 4) is 0 Å². The molecule has 8 heavy (non-hydrogen) atoms. The van der Waals surface area contributed by atoms with E-state index < -0.39 is 0 Å². The van der Waals surface area contributed by atoms with Crippen molar-refractivity contribution >= 4 is 0 Å². The number of nitrogens with one attached hydrogen (secondary N) is 1. The van der Waals surface area contributed by atoms with Gasteiger partial charge in [-0.2, -0.15) is 0 Å². The third-order valence-electron chi connectivity index (χ3n) is 0.715. The van der Waals surface area contributed by atoms with Gasteiger partial charge in [-0.3, -0.25) is 0 Å². The molecule has 0 aliphatic carbocycles. The Morgan fingerprint density at radius 1 is 1.88 bits per heavy atom. The van der Waals surface area contributed by atoms with Gasteiger partial charge in [0.2, 0.25) is 0 Å². The molecular formula is C4H10N2O2. The topological polar surface area (TPSA) is 50.7 Å². The molecule has 0 heterocycles. The van der Waals surface area contributed by atoms with Gasteiger partial charge in [-0.25, -0.2) is 0 Å². The fourth-order valence-corrected chi connectivity index (χ4v) is 0.398. The number of nitrogens with zero attached hydrogens (tertiary/aromatic N) is 1. The molecule has 1 N–H and O–H groups in total. The van der Waals surface area contributed by atoms with E-state index >= 15 is 0 Å². The Morgan fingerprint density at radius 3 is 2.88 bits per heavy atom. The van der Waals surface area contributed by atoms with E-state index in [0.29, 0.717) is 6.54 Å². The highest BCUT2D eigenvalue weighted by Gasteiger charge is 1.97. The molecule has 0 bridgehead atoms. The first-order valence-corrected chi connectivity index (χ1v) is 2.44. The van der Waals surface area contributed by atoms with Crippen LogP contribution in [0.5, 0.6) is 0 Å². The molecule has 0 rings (SSSR count). The van der Waals surface area contributed by atoms with Crippen LogP contribution in [0.15, 0.2) is 5.34 Å². The summed E-state index contributed by atoms with van der Waals surface area (Å²) in [7, 11) is 1.78. The van der Waals surface area contributed by atoms with Crippen LogP contribution in [0.2, 0.25) is 0 Å². The summed E-state index contributed by atoms with van der Waals surface area (Å²) in [5.41, 5.74) is 0. The van der Waals surface area contributed by atoms with Crippen LogP contribution in [0.25, 0.3) is 0 Å². The molecule has 0 spiro atoms. The molecule has 0 fully saturated rings. The van der Waals surface area contributed by atoms with Crippen LogP contribution >= 0.6 is 0 Å². The van der Waals surface area contributed by atoms with E-state index in [0.717, 1.165) is 0 Å². The van der Waals surface area contributed by atoms with Crippen LogP contribution in [-0.2, 0) is 4.84 Å². The normalized spacial score (nSPS) is 12.8. The van der Waals surface area contributed by atoms with Crippen LogP contribution in [0.1, 0.15) is 6.92 Å². The molecule has 4 nitrogen and oxygen atoms in total. The molecule has 0 aromatic rings. The first-order chi connectivity index (χ1) is 3.81. The Morgan fingerprint density at radius 2 is 2.50 bits per heavy atom. The Balaban J connectivity index is 3.03. The van der Waals surface area contributed by atoms with Crippen LogP contribution in [0.4, 0.5) is 0 Å². The minimum absolute atomic E-state index is 0.127. The van der Waals surface area contributed by atoms with Crippen molar-refractivity contribution in [1.82, 2.24) is 5.32 Å². The summed E-state index contributed by atoms with van der Waals surface area (Å²) in [5, 5.41) is 5.09. The number of likely N-dealkylation sites (N-methyl/N-ethyl adjacent to an activating group) is 1. The van der Waals surface area contributed by atoms with E-state index in [1.165, 1.54) is 0 Å². The summed E-state index contributed by atoms with van der Waals surface area (Å²) in [5.74, 6) is 0. The molecule has 0 radical (unpaired) electrons. The highest BCUT2D eigenvalue weighted by molar-refractivity contribution is 4.48. The second-order valence-corrected chi connectivity index (χ2v) is 1.55. The molecule has 48 valence electrons. The lowest BCUT2D eigenvalue weighted by Crippen LogP contribution is -2.21. The van der Waals surface area contributed by atoms with Crippen LogP contribution in [0.3, 0.4) is 0 Å². The van der Waals surface area contributed by atoms with Gasteiger partial charge in [-0.15, -0.1) is 4.91 Å². The molecule has 0 amide bonds. The van der Waals surface area contributed by atoms with Gasteiger partial charge in [0.15, 0.2) is 5.34 Å². The summed E-state index contributed by atoms with van der Waals surface area (Å²) in [6.07, 6.45) is -0.127. The zero-order valence-electron chi connectivity index (χ0n) is 5.05. The van der Waals surface area contributed by atoms with Gasteiger partial charge in [-0.1, -0.05) is 0 Å². The summed E-state index contributed by atoms with van der Waals surface area (Å²) >= 11 is 0. The summed E-state index contributed by atoms with van der Waals surface area (Å²) < 4.78 is 0. The van der Waals surface area contributed by atoms with Gasteiger partial charge in [0.05, 0.1) is 0 Å². The Kier molecular flexibility index (Phi) is 4.16. The predicted octanol–water partition coefficient (Wildman–Crippen LogP) is 0.292. The van der Waals surface area contributed by atoms with Crippen molar-refractivity contribution in [2.75, 3.05) is 13.6 Å². The average Bonchev–Trinajstić information content (AvgIpc) is 1.68. The molecule has 4 heteroatoms. The SMILES string of the molecule is CNCC(C)ON=O. The number of hydrogen-bond donors (Lipinski definition) is 1. The average molecular weight is 118 g/mol. The first kappa shape index (κ1) is 7.36. The van der Waals surface area contributed by atoms with Gasteiger partial charge < -0.3 is 10.2 Å². The van der Waals surface area contributed by atoms with Crippen LogP contribution in [0, 0.1) is 4.91 Å². The third kappa shape index (κ3) is 3.55. The van der Waals surface area contributed by atoms with Crippen LogP contribution < -0.4 is 5.32 Å². The molecule has 0 aromatic heterocycles. The Labute approximate surface area is 48.1 Å². The van der Waals surface area contributed by atoms with E-state index in [4.69, 9.17) is 0 Å². The number of rotatable bonds is 4. The number of hydrogen-bond acceptors (Lipinski definition) is 4. The summed E-state index contributed by atoms with van der Waals surface area (Å²) in [4.78, 5) is 13.7.